The van der Waals surface area contributed by atoms with E-state index in [2.05, 4.69) is 6.07 Å². The lowest BCUT2D eigenvalue weighted by molar-refractivity contribution is 0.351. The molecule has 2 rings (SSSR count). The molecule has 0 heterocycles. The van der Waals surface area contributed by atoms with E-state index in [1.165, 1.54) is 32.1 Å². The van der Waals surface area contributed by atoms with Crippen LogP contribution in [0, 0.1) is 12.0 Å². The van der Waals surface area contributed by atoms with Gasteiger partial charge >= 0.3 is 0 Å². The summed E-state index contributed by atoms with van der Waals surface area (Å²) in [6, 6.07) is 8.43. The molecule has 1 heteroatoms. The molecular formula is C13H17O. The van der Waals surface area contributed by atoms with Crippen molar-refractivity contribution in [3.8, 4) is 5.75 Å². The molecule has 0 unspecified atom stereocenters. The van der Waals surface area contributed by atoms with Gasteiger partial charge in [0.15, 0.2) is 0 Å². The average molecular weight is 189 g/mol. The molecule has 0 bridgehead atoms. The molecule has 1 aromatic rings. The summed E-state index contributed by atoms with van der Waals surface area (Å²) in [6.07, 6.45) is 7.83. The maximum atomic E-state index is 9.61. The van der Waals surface area contributed by atoms with Crippen LogP contribution in [0.4, 0.5) is 0 Å². The molecule has 0 atom stereocenters. The summed E-state index contributed by atoms with van der Waals surface area (Å²) in [6.45, 7) is 0. The molecular weight excluding hydrogens is 172 g/mol. The van der Waals surface area contributed by atoms with Crippen molar-refractivity contribution in [2.24, 2.45) is 5.92 Å². The highest BCUT2D eigenvalue weighted by atomic mass is 16.3. The maximum absolute atomic E-state index is 9.61. The third-order valence-electron chi connectivity index (χ3n) is 3.16. The van der Waals surface area contributed by atoms with E-state index in [1.807, 2.05) is 12.1 Å². The molecule has 1 N–H and O–H groups in total. The Morgan fingerprint density at radius 1 is 1.29 bits per heavy atom. The largest absolute Gasteiger partial charge is 0.508 e. The number of rotatable bonds is 2. The van der Waals surface area contributed by atoms with Gasteiger partial charge in [0.05, 0.1) is 0 Å². The fraction of sp³-hybridized carbons (Fsp3) is 0.538. The Kier molecular flexibility index (Phi) is 3.07. The van der Waals surface area contributed by atoms with Crippen molar-refractivity contribution in [3.05, 3.63) is 29.8 Å². The standard InChI is InChI=1S/C13H17O/c14-13-9-5-4-8-12(13)10-11-6-2-1-3-7-11/h4,8-9,11,14H,1-3,6-7,10H2. The Balaban J connectivity index is 1.99. The van der Waals surface area contributed by atoms with Crippen molar-refractivity contribution in [1.29, 1.82) is 0 Å². The smallest absolute Gasteiger partial charge is 0.119 e. The van der Waals surface area contributed by atoms with Crippen LogP contribution in [-0.2, 0) is 6.42 Å². The Morgan fingerprint density at radius 3 is 2.79 bits per heavy atom. The zero-order chi connectivity index (χ0) is 9.80. The minimum Gasteiger partial charge on any atom is -0.508 e. The van der Waals surface area contributed by atoms with Gasteiger partial charge in [-0.3, -0.25) is 0 Å². The van der Waals surface area contributed by atoms with Gasteiger partial charge < -0.3 is 5.11 Å². The first-order valence-electron chi connectivity index (χ1n) is 5.54. The van der Waals surface area contributed by atoms with Crippen LogP contribution in [-0.4, -0.2) is 5.11 Å². The summed E-state index contributed by atoms with van der Waals surface area (Å²) in [5.74, 6) is 1.20. The first kappa shape index (κ1) is 9.57. The average Bonchev–Trinajstić information content (AvgIpc) is 2.23. The summed E-state index contributed by atoms with van der Waals surface area (Å²) in [5.41, 5.74) is 1.09. The van der Waals surface area contributed by atoms with Gasteiger partial charge in [0.25, 0.3) is 0 Å². The summed E-state index contributed by atoms with van der Waals surface area (Å²) in [5, 5.41) is 9.61. The second kappa shape index (κ2) is 4.50. The fourth-order valence-corrected chi connectivity index (χ4v) is 2.33. The van der Waals surface area contributed by atoms with Crippen molar-refractivity contribution in [2.45, 2.75) is 38.5 Å². The molecule has 1 radical (unpaired) electrons. The number of hydrogen-bond donors (Lipinski definition) is 1. The maximum Gasteiger partial charge on any atom is 0.119 e. The number of hydrogen-bond acceptors (Lipinski definition) is 1. The molecule has 0 aromatic heterocycles. The SMILES string of the molecule is Oc1c[c]ccc1CC1CCCCC1. The first-order valence-corrected chi connectivity index (χ1v) is 5.54. The molecule has 1 aliphatic rings. The molecule has 14 heavy (non-hydrogen) atoms. The van der Waals surface area contributed by atoms with E-state index in [0.29, 0.717) is 5.75 Å². The van der Waals surface area contributed by atoms with E-state index < -0.39 is 0 Å². The normalized spacial score (nSPS) is 18.3. The van der Waals surface area contributed by atoms with E-state index in [-0.39, 0.29) is 0 Å². The highest BCUT2D eigenvalue weighted by Gasteiger charge is 2.14. The lowest BCUT2D eigenvalue weighted by Gasteiger charge is -2.21. The Morgan fingerprint density at radius 2 is 2.07 bits per heavy atom. The fourth-order valence-electron chi connectivity index (χ4n) is 2.33. The number of aromatic hydroxyl groups is 1. The van der Waals surface area contributed by atoms with Crippen LogP contribution in [0.3, 0.4) is 0 Å². The van der Waals surface area contributed by atoms with Gasteiger partial charge in [-0.1, -0.05) is 44.2 Å². The van der Waals surface area contributed by atoms with Gasteiger partial charge in [-0.2, -0.15) is 0 Å². The second-order valence-corrected chi connectivity index (χ2v) is 4.26. The molecule has 1 fully saturated rings. The predicted octanol–water partition coefficient (Wildman–Crippen LogP) is 3.32. The van der Waals surface area contributed by atoms with Crippen molar-refractivity contribution in [2.75, 3.05) is 0 Å². The lowest BCUT2D eigenvalue weighted by Crippen LogP contribution is -2.09. The van der Waals surface area contributed by atoms with Gasteiger partial charge in [0.2, 0.25) is 0 Å². The van der Waals surface area contributed by atoms with Crippen LogP contribution in [0.15, 0.2) is 18.2 Å². The van der Waals surface area contributed by atoms with E-state index >= 15 is 0 Å². The van der Waals surface area contributed by atoms with Crippen LogP contribution in [0.2, 0.25) is 0 Å². The zero-order valence-corrected chi connectivity index (χ0v) is 8.50. The number of phenolic OH excluding ortho intramolecular Hbond substituents is 1. The van der Waals surface area contributed by atoms with Crippen LogP contribution in [0.1, 0.15) is 37.7 Å². The molecule has 1 aromatic carbocycles. The Hall–Kier alpha value is -0.980. The minimum absolute atomic E-state index is 0.415. The van der Waals surface area contributed by atoms with Crippen molar-refractivity contribution >= 4 is 0 Å². The van der Waals surface area contributed by atoms with Crippen molar-refractivity contribution < 1.29 is 5.11 Å². The van der Waals surface area contributed by atoms with Crippen LogP contribution in [0.25, 0.3) is 0 Å². The third kappa shape index (κ3) is 2.28. The predicted molar refractivity (Wildman–Crippen MR) is 57.2 cm³/mol. The van der Waals surface area contributed by atoms with Crippen LogP contribution >= 0.6 is 0 Å². The van der Waals surface area contributed by atoms with Gasteiger partial charge in [0, 0.05) is 0 Å². The molecule has 1 nitrogen and oxygen atoms in total. The quantitative estimate of drug-likeness (QED) is 0.756. The highest BCUT2D eigenvalue weighted by Crippen LogP contribution is 2.29. The number of benzene rings is 1. The Labute approximate surface area is 85.8 Å². The number of phenols is 1. The van der Waals surface area contributed by atoms with Crippen LogP contribution in [0.5, 0.6) is 5.75 Å². The van der Waals surface area contributed by atoms with Gasteiger partial charge in [-0.25, -0.2) is 0 Å². The summed E-state index contributed by atoms with van der Waals surface area (Å²) in [7, 11) is 0. The van der Waals surface area contributed by atoms with Crippen molar-refractivity contribution in [3.63, 3.8) is 0 Å². The molecule has 0 spiro atoms. The summed E-state index contributed by atoms with van der Waals surface area (Å²) >= 11 is 0. The molecule has 1 saturated carbocycles. The molecule has 0 saturated heterocycles. The van der Waals surface area contributed by atoms with Crippen molar-refractivity contribution in [1.82, 2.24) is 0 Å². The van der Waals surface area contributed by atoms with E-state index in [0.717, 1.165) is 17.9 Å². The molecule has 75 valence electrons. The van der Waals surface area contributed by atoms with E-state index in [9.17, 15) is 5.11 Å². The Bertz CT molecular complexity index is 287. The second-order valence-electron chi connectivity index (χ2n) is 4.26. The van der Waals surface area contributed by atoms with Crippen LogP contribution < -0.4 is 0 Å². The minimum atomic E-state index is 0.415. The summed E-state index contributed by atoms with van der Waals surface area (Å²) < 4.78 is 0. The highest BCUT2D eigenvalue weighted by molar-refractivity contribution is 5.31. The summed E-state index contributed by atoms with van der Waals surface area (Å²) in [4.78, 5) is 0. The van der Waals surface area contributed by atoms with E-state index in [1.54, 1.807) is 6.07 Å². The molecule has 1 aliphatic carbocycles. The molecule has 0 amide bonds. The topological polar surface area (TPSA) is 20.2 Å². The molecule has 0 aliphatic heterocycles. The third-order valence-corrected chi connectivity index (χ3v) is 3.16. The van der Waals surface area contributed by atoms with Gasteiger partial charge in [-0.15, -0.1) is 0 Å². The first-order chi connectivity index (χ1) is 6.86. The lowest BCUT2D eigenvalue weighted by atomic mass is 9.85. The van der Waals surface area contributed by atoms with E-state index in [4.69, 9.17) is 0 Å². The monoisotopic (exact) mass is 189 g/mol. The zero-order valence-electron chi connectivity index (χ0n) is 8.50. The van der Waals surface area contributed by atoms with Gasteiger partial charge in [-0.05, 0) is 30.0 Å². The van der Waals surface area contributed by atoms with Gasteiger partial charge in [0.1, 0.15) is 5.75 Å².